The van der Waals surface area contributed by atoms with Crippen LogP contribution in [0, 0.1) is 0 Å². The van der Waals surface area contributed by atoms with Crippen molar-refractivity contribution in [1.29, 1.82) is 0 Å². The number of aliphatic carboxylic acids is 1. The van der Waals surface area contributed by atoms with E-state index in [1.807, 2.05) is 18.2 Å². The molecule has 2 heteroatoms. The molecular formula is C33H58O2. The van der Waals surface area contributed by atoms with Crippen LogP contribution in [0.4, 0.5) is 0 Å². The van der Waals surface area contributed by atoms with Gasteiger partial charge in [-0.1, -0.05) is 184 Å². The van der Waals surface area contributed by atoms with E-state index in [0.29, 0.717) is 0 Å². The lowest BCUT2D eigenvalue weighted by molar-refractivity contribution is -0.131. The van der Waals surface area contributed by atoms with Crippen LogP contribution >= 0.6 is 0 Å². The number of unbranched alkanes of at least 4 members (excludes halogenated alkanes) is 22. The zero-order valence-electron chi connectivity index (χ0n) is 23.2. The van der Waals surface area contributed by atoms with E-state index in [-0.39, 0.29) is 0 Å². The summed E-state index contributed by atoms with van der Waals surface area (Å²) < 4.78 is 0. The van der Waals surface area contributed by atoms with Crippen molar-refractivity contribution in [2.75, 3.05) is 0 Å². The lowest BCUT2D eigenvalue weighted by Gasteiger charge is -2.04. The Morgan fingerprint density at radius 2 is 0.771 bits per heavy atom. The monoisotopic (exact) mass is 486 g/mol. The highest BCUT2D eigenvalue weighted by Crippen LogP contribution is 2.15. The van der Waals surface area contributed by atoms with Crippen LogP contribution in [0.3, 0.4) is 0 Å². The molecule has 0 unspecified atom stereocenters. The minimum Gasteiger partial charge on any atom is -0.478 e. The minimum atomic E-state index is -0.918. The standard InChI is InChI=1S/C33H58O2/c1-2-3-4-5-6-7-8-9-10-11-12-13-14-15-16-17-18-19-20-21-22-23-24-25-26-27-28-29-30-31-32-33(34)35/h25-32H,2-24H2,1H3,(H,34,35). The Morgan fingerprint density at radius 3 is 1.14 bits per heavy atom. The fraction of sp³-hybridized carbons (Fsp3) is 0.727. The Bertz CT molecular complexity index is 541. The summed E-state index contributed by atoms with van der Waals surface area (Å²) in [7, 11) is 0. The van der Waals surface area contributed by atoms with Gasteiger partial charge in [-0.15, -0.1) is 0 Å². The minimum absolute atomic E-state index is 0.918. The van der Waals surface area contributed by atoms with Gasteiger partial charge in [0.05, 0.1) is 0 Å². The van der Waals surface area contributed by atoms with Crippen molar-refractivity contribution in [2.45, 2.75) is 155 Å². The molecule has 0 rings (SSSR count). The summed E-state index contributed by atoms with van der Waals surface area (Å²) in [4.78, 5) is 10.3. The van der Waals surface area contributed by atoms with Crippen molar-refractivity contribution >= 4 is 5.97 Å². The largest absolute Gasteiger partial charge is 0.478 e. The molecule has 0 amide bonds. The van der Waals surface area contributed by atoms with E-state index >= 15 is 0 Å². The smallest absolute Gasteiger partial charge is 0.328 e. The van der Waals surface area contributed by atoms with Crippen LogP contribution in [0.2, 0.25) is 0 Å². The Balaban J connectivity index is 3.17. The van der Waals surface area contributed by atoms with Crippen LogP contribution < -0.4 is 0 Å². The van der Waals surface area contributed by atoms with Gasteiger partial charge in [0.1, 0.15) is 0 Å². The molecule has 0 radical (unpaired) electrons. The lowest BCUT2D eigenvalue weighted by Crippen LogP contribution is -1.84. The van der Waals surface area contributed by atoms with Crippen molar-refractivity contribution in [1.82, 2.24) is 0 Å². The molecule has 202 valence electrons. The average molecular weight is 487 g/mol. The Morgan fingerprint density at radius 1 is 0.457 bits per heavy atom. The van der Waals surface area contributed by atoms with E-state index in [0.717, 1.165) is 12.5 Å². The SMILES string of the molecule is CCCCCCCCCCCCCCCCCCCCCCCCC=CC=CC=CC=CC(=O)O. The van der Waals surface area contributed by atoms with Crippen molar-refractivity contribution < 1.29 is 9.90 Å². The number of hydrogen-bond acceptors (Lipinski definition) is 1. The normalized spacial score (nSPS) is 12.3. The number of carboxylic acids is 1. The fourth-order valence-electron chi connectivity index (χ4n) is 4.44. The summed E-state index contributed by atoms with van der Waals surface area (Å²) in [6.45, 7) is 2.29. The molecule has 0 saturated heterocycles. The summed E-state index contributed by atoms with van der Waals surface area (Å²) in [5.74, 6) is -0.918. The summed E-state index contributed by atoms with van der Waals surface area (Å²) in [5, 5.41) is 8.47. The van der Waals surface area contributed by atoms with Gasteiger partial charge in [-0.2, -0.15) is 0 Å². The Kier molecular flexibility index (Phi) is 29.1. The highest BCUT2D eigenvalue weighted by molar-refractivity contribution is 5.80. The molecule has 0 atom stereocenters. The molecule has 35 heavy (non-hydrogen) atoms. The molecule has 0 fully saturated rings. The molecule has 1 N–H and O–H groups in total. The first kappa shape index (κ1) is 33.4. The second kappa shape index (κ2) is 30.5. The van der Waals surface area contributed by atoms with Gasteiger partial charge in [0.25, 0.3) is 0 Å². The van der Waals surface area contributed by atoms with Gasteiger partial charge >= 0.3 is 5.97 Å². The second-order valence-corrected chi connectivity index (χ2v) is 10.1. The highest BCUT2D eigenvalue weighted by atomic mass is 16.4. The number of carbonyl (C=O) groups is 1. The number of hydrogen-bond donors (Lipinski definition) is 1. The number of allylic oxidation sites excluding steroid dienone is 7. The number of carboxylic acid groups (broad SMARTS) is 1. The molecule has 0 aliphatic carbocycles. The van der Waals surface area contributed by atoms with Gasteiger partial charge in [-0.25, -0.2) is 4.79 Å². The van der Waals surface area contributed by atoms with Crippen molar-refractivity contribution in [3.8, 4) is 0 Å². The fourth-order valence-corrected chi connectivity index (χ4v) is 4.44. The highest BCUT2D eigenvalue weighted by Gasteiger charge is 1.95. The molecule has 0 spiro atoms. The van der Waals surface area contributed by atoms with Gasteiger partial charge in [-0.3, -0.25) is 0 Å². The molecule has 0 heterocycles. The second-order valence-electron chi connectivity index (χ2n) is 10.1. The molecule has 0 bridgehead atoms. The van der Waals surface area contributed by atoms with E-state index in [2.05, 4.69) is 19.1 Å². The first-order chi connectivity index (χ1) is 17.3. The third-order valence-electron chi connectivity index (χ3n) is 6.65. The van der Waals surface area contributed by atoms with E-state index < -0.39 is 5.97 Å². The summed E-state index contributed by atoms with van der Waals surface area (Å²) >= 11 is 0. The van der Waals surface area contributed by atoms with E-state index in [1.165, 1.54) is 147 Å². The third-order valence-corrected chi connectivity index (χ3v) is 6.65. The third kappa shape index (κ3) is 32.4. The molecule has 2 nitrogen and oxygen atoms in total. The first-order valence-electron chi connectivity index (χ1n) is 15.2. The average Bonchev–Trinajstić information content (AvgIpc) is 2.85. The van der Waals surface area contributed by atoms with Gasteiger partial charge in [0.2, 0.25) is 0 Å². The van der Waals surface area contributed by atoms with Crippen molar-refractivity contribution in [3.63, 3.8) is 0 Å². The van der Waals surface area contributed by atoms with Gasteiger partial charge < -0.3 is 5.11 Å². The topological polar surface area (TPSA) is 37.3 Å². The van der Waals surface area contributed by atoms with E-state index in [4.69, 9.17) is 5.11 Å². The van der Waals surface area contributed by atoms with Crippen LogP contribution in [0.15, 0.2) is 48.6 Å². The van der Waals surface area contributed by atoms with E-state index in [9.17, 15) is 4.79 Å². The van der Waals surface area contributed by atoms with Gasteiger partial charge in [-0.05, 0) is 12.8 Å². The van der Waals surface area contributed by atoms with Crippen molar-refractivity contribution in [2.24, 2.45) is 0 Å². The van der Waals surface area contributed by atoms with Gasteiger partial charge in [0.15, 0.2) is 0 Å². The van der Waals surface area contributed by atoms with Crippen LogP contribution in [0.1, 0.15) is 155 Å². The molecular weight excluding hydrogens is 428 g/mol. The summed E-state index contributed by atoms with van der Waals surface area (Å²) in [5.41, 5.74) is 0. The molecule has 0 saturated carbocycles. The lowest BCUT2D eigenvalue weighted by atomic mass is 10.0. The summed E-state index contributed by atoms with van der Waals surface area (Å²) in [6.07, 6.45) is 47.0. The maximum absolute atomic E-state index is 10.3. The van der Waals surface area contributed by atoms with E-state index in [1.54, 1.807) is 6.08 Å². The van der Waals surface area contributed by atoms with Crippen LogP contribution in [-0.2, 0) is 4.79 Å². The van der Waals surface area contributed by atoms with Gasteiger partial charge in [0, 0.05) is 6.08 Å². The summed E-state index contributed by atoms with van der Waals surface area (Å²) in [6, 6.07) is 0. The molecule has 0 aliphatic rings. The zero-order valence-corrected chi connectivity index (χ0v) is 23.2. The predicted molar refractivity (Wildman–Crippen MR) is 156 cm³/mol. The quantitative estimate of drug-likeness (QED) is 0.0712. The predicted octanol–water partition coefficient (Wildman–Crippen LogP) is 11.3. The first-order valence-corrected chi connectivity index (χ1v) is 15.2. The van der Waals surface area contributed by atoms with Crippen molar-refractivity contribution in [3.05, 3.63) is 48.6 Å². The van der Waals surface area contributed by atoms with Crippen LogP contribution in [0.5, 0.6) is 0 Å². The molecule has 0 aromatic rings. The van der Waals surface area contributed by atoms with Crippen LogP contribution in [-0.4, -0.2) is 11.1 Å². The van der Waals surface area contributed by atoms with Crippen LogP contribution in [0.25, 0.3) is 0 Å². The zero-order chi connectivity index (χ0) is 25.5. The molecule has 0 aliphatic heterocycles. The molecule has 0 aromatic heterocycles. The number of rotatable bonds is 27. The Labute approximate surface area is 219 Å². The molecule has 0 aromatic carbocycles. The maximum Gasteiger partial charge on any atom is 0.328 e. The Hall–Kier alpha value is -1.57. The maximum atomic E-state index is 10.3.